The van der Waals surface area contributed by atoms with E-state index >= 15 is 0 Å². The van der Waals surface area contributed by atoms with Crippen molar-refractivity contribution < 1.29 is 23.4 Å². The third-order valence-corrected chi connectivity index (χ3v) is 3.88. The Balaban J connectivity index is 1.90. The summed E-state index contributed by atoms with van der Waals surface area (Å²) in [7, 11) is 1.28. The Labute approximate surface area is 131 Å². The second-order valence-corrected chi connectivity index (χ2v) is 5.26. The van der Waals surface area contributed by atoms with Gasteiger partial charge in [-0.2, -0.15) is 4.39 Å². The van der Waals surface area contributed by atoms with Crippen molar-refractivity contribution in [3.05, 3.63) is 52.9 Å². The maximum Gasteiger partial charge on any atom is 0.354 e. The van der Waals surface area contributed by atoms with Gasteiger partial charge >= 0.3 is 5.97 Å². The van der Waals surface area contributed by atoms with Crippen molar-refractivity contribution in [2.45, 2.75) is 13.0 Å². The van der Waals surface area contributed by atoms with E-state index in [1.54, 1.807) is 6.07 Å². The highest BCUT2D eigenvalue weighted by Gasteiger charge is 2.21. The topological polar surface area (TPSA) is 62.7 Å². The van der Waals surface area contributed by atoms with E-state index in [9.17, 15) is 13.6 Å². The fraction of sp³-hybridized carbons (Fsp3) is 0.250. The molecule has 5 nitrogen and oxygen atoms in total. The van der Waals surface area contributed by atoms with Crippen molar-refractivity contribution in [1.82, 2.24) is 4.98 Å². The Bertz CT molecular complexity index is 780. The molecule has 0 unspecified atom stereocenters. The van der Waals surface area contributed by atoms with Crippen LogP contribution in [-0.2, 0) is 13.0 Å². The number of carboxylic acids is 1. The highest BCUT2D eigenvalue weighted by molar-refractivity contribution is 5.85. The minimum atomic E-state index is -1.07. The molecule has 0 bridgehead atoms. The van der Waals surface area contributed by atoms with Gasteiger partial charge in [-0.3, -0.25) is 0 Å². The number of aromatic nitrogens is 1. The Hall–Kier alpha value is -2.70. The molecule has 0 fully saturated rings. The van der Waals surface area contributed by atoms with Crippen LogP contribution < -0.4 is 9.64 Å². The predicted octanol–water partition coefficient (Wildman–Crippen LogP) is 2.63. The standard InChI is InChI=1S/C16H14F2N2O3/c1-23-14-6-11(5-12(17)15(14)18)20-3-2-9-4-13(16(21)22)19-7-10(9)8-20/h4-7H,2-3,8H2,1H3,(H,21,22). The van der Waals surface area contributed by atoms with Crippen LogP contribution in [0.5, 0.6) is 5.75 Å². The second-order valence-electron chi connectivity index (χ2n) is 5.26. The first-order valence-electron chi connectivity index (χ1n) is 6.98. The van der Waals surface area contributed by atoms with Gasteiger partial charge in [0.05, 0.1) is 7.11 Å². The molecule has 0 spiro atoms. The van der Waals surface area contributed by atoms with Crippen LogP contribution in [-0.4, -0.2) is 29.7 Å². The van der Waals surface area contributed by atoms with Crippen LogP contribution in [0.2, 0.25) is 0 Å². The molecule has 0 saturated carbocycles. The number of halogens is 2. The molecule has 1 aliphatic heterocycles. The van der Waals surface area contributed by atoms with Crippen molar-refractivity contribution in [2.24, 2.45) is 0 Å². The third kappa shape index (κ3) is 2.81. The van der Waals surface area contributed by atoms with Crippen LogP contribution in [0.15, 0.2) is 24.4 Å². The maximum atomic E-state index is 13.7. The fourth-order valence-corrected chi connectivity index (χ4v) is 2.66. The summed E-state index contributed by atoms with van der Waals surface area (Å²) in [5, 5.41) is 8.97. The van der Waals surface area contributed by atoms with Gasteiger partial charge in [-0.1, -0.05) is 0 Å². The largest absolute Gasteiger partial charge is 0.493 e. The van der Waals surface area contributed by atoms with Gasteiger partial charge in [-0.15, -0.1) is 0 Å². The van der Waals surface area contributed by atoms with Crippen LogP contribution in [0.1, 0.15) is 21.6 Å². The van der Waals surface area contributed by atoms with E-state index in [0.29, 0.717) is 25.2 Å². The van der Waals surface area contributed by atoms with E-state index in [2.05, 4.69) is 4.98 Å². The van der Waals surface area contributed by atoms with Gasteiger partial charge in [0, 0.05) is 37.1 Å². The number of benzene rings is 1. The average Bonchev–Trinajstić information content (AvgIpc) is 2.56. The van der Waals surface area contributed by atoms with Crippen molar-refractivity contribution in [3.8, 4) is 5.75 Å². The van der Waals surface area contributed by atoms with Crippen LogP contribution >= 0.6 is 0 Å². The van der Waals surface area contributed by atoms with Gasteiger partial charge in [0.2, 0.25) is 5.82 Å². The van der Waals surface area contributed by atoms with Gasteiger partial charge < -0.3 is 14.7 Å². The molecule has 0 saturated heterocycles. The first-order chi connectivity index (χ1) is 11.0. The number of hydrogen-bond donors (Lipinski definition) is 1. The summed E-state index contributed by atoms with van der Waals surface area (Å²) in [4.78, 5) is 16.7. The van der Waals surface area contributed by atoms with Crippen molar-refractivity contribution >= 4 is 11.7 Å². The quantitative estimate of drug-likeness (QED) is 0.942. The Morgan fingerprint density at radius 3 is 2.78 bits per heavy atom. The zero-order valence-electron chi connectivity index (χ0n) is 12.3. The van der Waals surface area contributed by atoms with E-state index < -0.39 is 17.6 Å². The second kappa shape index (κ2) is 5.83. The molecular weight excluding hydrogens is 306 g/mol. The average molecular weight is 320 g/mol. The molecule has 0 radical (unpaired) electrons. The lowest BCUT2D eigenvalue weighted by Gasteiger charge is -2.31. The summed E-state index contributed by atoms with van der Waals surface area (Å²) in [5.74, 6) is -3.20. The molecule has 1 aromatic carbocycles. The minimum Gasteiger partial charge on any atom is -0.493 e. The SMILES string of the molecule is COc1cc(N2CCc3cc(C(=O)O)ncc3C2)cc(F)c1F. The van der Waals surface area contributed by atoms with E-state index in [1.807, 2.05) is 4.90 Å². The van der Waals surface area contributed by atoms with E-state index in [-0.39, 0.29) is 11.4 Å². The Kier molecular flexibility index (Phi) is 3.85. The molecule has 1 aromatic heterocycles. The molecule has 2 aromatic rings. The molecule has 120 valence electrons. The number of carboxylic acid groups (broad SMARTS) is 1. The molecule has 2 heterocycles. The number of pyridine rings is 1. The highest BCUT2D eigenvalue weighted by atomic mass is 19.2. The number of anilines is 1. The summed E-state index contributed by atoms with van der Waals surface area (Å²) in [6.07, 6.45) is 2.11. The van der Waals surface area contributed by atoms with Gasteiger partial charge in [0.1, 0.15) is 5.69 Å². The number of aromatic carboxylic acids is 1. The van der Waals surface area contributed by atoms with Crippen LogP contribution in [0.4, 0.5) is 14.5 Å². The summed E-state index contributed by atoms with van der Waals surface area (Å²) in [5.41, 5.74) is 2.29. The summed E-state index contributed by atoms with van der Waals surface area (Å²) >= 11 is 0. The summed E-state index contributed by atoms with van der Waals surface area (Å²) in [6.45, 7) is 1.00. The fourth-order valence-electron chi connectivity index (χ4n) is 2.66. The van der Waals surface area contributed by atoms with Crippen molar-refractivity contribution in [3.63, 3.8) is 0 Å². The first kappa shape index (κ1) is 15.2. The Morgan fingerprint density at radius 2 is 2.09 bits per heavy atom. The van der Waals surface area contributed by atoms with E-state index in [4.69, 9.17) is 9.84 Å². The van der Waals surface area contributed by atoms with Crippen LogP contribution in [0, 0.1) is 11.6 Å². The number of nitrogens with zero attached hydrogens (tertiary/aromatic N) is 2. The van der Waals surface area contributed by atoms with Crippen LogP contribution in [0.3, 0.4) is 0 Å². The van der Waals surface area contributed by atoms with Crippen molar-refractivity contribution in [2.75, 3.05) is 18.6 Å². The number of rotatable bonds is 3. The lowest BCUT2D eigenvalue weighted by atomic mass is 10.0. The lowest BCUT2D eigenvalue weighted by Crippen LogP contribution is -2.31. The molecule has 0 aliphatic carbocycles. The highest BCUT2D eigenvalue weighted by Crippen LogP contribution is 2.30. The summed E-state index contributed by atoms with van der Waals surface area (Å²) in [6, 6.07) is 4.13. The molecule has 23 heavy (non-hydrogen) atoms. The zero-order chi connectivity index (χ0) is 16.6. The number of hydrogen-bond acceptors (Lipinski definition) is 4. The smallest absolute Gasteiger partial charge is 0.354 e. The Morgan fingerprint density at radius 1 is 1.30 bits per heavy atom. The monoisotopic (exact) mass is 320 g/mol. The summed E-state index contributed by atoms with van der Waals surface area (Å²) < 4.78 is 32.0. The first-order valence-corrected chi connectivity index (χ1v) is 6.98. The van der Waals surface area contributed by atoms with Crippen LogP contribution in [0.25, 0.3) is 0 Å². The molecule has 1 aliphatic rings. The molecule has 0 amide bonds. The third-order valence-electron chi connectivity index (χ3n) is 3.88. The van der Waals surface area contributed by atoms with E-state index in [1.165, 1.54) is 19.4 Å². The number of methoxy groups -OCH3 is 1. The molecule has 3 rings (SSSR count). The van der Waals surface area contributed by atoms with Gasteiger partial charge in [0.25, 0.3) is 0 Å². The molecule has 7 heteroatoms. The lowest BCUT2D eigenvalue weighted by molar-refractivity contribution is 0.0690. The number of fused-ring (bicyclic) bond motifs is 1. The molecule has 1 N–H and O–H groups in total. The number of ether oxygens (including phenoxy) is 1. The zero-order valence-corrected chi connectivity index (χ0v) is 12.3. The predicted molar refractivity (Wildman–Crippen MR) is 78.9 cm³/mol. The molecular formula is C16H14F2N2O3. The number of carbonyl (C=O) groups is 1. The van der Waals surface area contributed by atoms with Gasteiger partial charge in [0.15, 0.2) is 11.6 Å². The maximum absolute atomic E-state index is 13.7. The van der Waals surface area contributed by atoms with E-state index in [0.717, 1.165) is 17.2 Å². The minimum absolute atomic E-state index is 0.00620. The van der Waals surface area contributed by atoms with Gasteiger partial charge in [-0.25, -0.2) is 14.2 Å². The van der Waals surface area contributed by atoms with Gasteiger partial charge in [-0.05, 0) is 23.6 Å². The normalized spacial score (nSPS) is 13.6. The van der Waals surface area contributed by atoms with Crippen molar-refractivity contribution in [1.29, 1.82) is 0 Å². The molecule has 0 atom stereocenters.